The van der Waals surface area contributed by atoms with Gasteiger partial charge in [0.15, 0.2) is 0 Å². The summed E-state index contributed by atoms with van der Waals surface area (Å²) in [7, 11) is 0. The molecule has 1 aromatic carbocycles. The minimum absolute atomic E-state index is 0.0209. The molecule has 1 heterocycles. The smallest absolute Gasteiger partial charge is 0.254 e. The normalized spacial score (nSPS) is 12.0. The Labute approximate surface area is 132 Å². The molecule has 116 valence electrons. The van der Waals surface area contributed by atoms with Gasteiger partial charge in [-0.05, 0) is 31.5 Å². The number of halogens is 2. The van der Waals surface area contributed by atoms with E-state index in [0.717, 1.165) is 6.07 Å². The van der Waals surface area contributed by atoms with Crippen LogP contribution in [0.2, 0.25) is 5.02 Å². The minimum atomic E-state index is -1.04. The Morgan fingerprint density at radius 1 is 1.45 bits per heavy atom. The van der Waals surface area contributed by atoms with Crippen molar-refractivity contribution in [2.45, 2.75) is 20.0 Å². The second kappa shape index (κ2) is 6.81. The van der Waals surface area contributed by atoms with Gasteiger partial charge in [-0.2, -0.15) is 0 Å². The number of benzene rings is 1. The standard InChI is InChI=1S/C15H15ClFN3O2/c1-8-11(6-18-9(2)20-8)15(22)19-7-14(21)10-3-4-12(16)13(17)5-10/h3-6,14,21H,7H2,1-2H3,(H,19,22). The Hall–Kier alpha value is -2.05. The number of aromatic nitrogens is 2. The Balaban J connectivity index is 2.02. The lowest BCUT2D eigenvalue weighted by atomic mass is 10.1. The maximum absolute atomic E-state index is 13.3. The van der Waals surface area contributed by atoms with E-state index in [-0.39, 0.29) is 11.6 Å². The monoisotopic (exact) mass is 323 g/mol. The number of rotatable bonds is 4. The van der Waals surface area contributed by atoms with E-state index in [2.05, 4.69) is 15.3 Å². The van der Waals surface area contributed by atoms with E-state index in [1.54, 1.807) is 13.8 Å². The van der Waals surface area contributed by atoms with Gasteiger partial charge in [-0.25, -0.2) is 14.4 Å². The molecule has 7 heteroatoms. The maximum atomic E-state index is 13.3. The highest BCUT2D eigenvalue weighted by atomic mass is 35.5. The van der Waals surface area contributed by atoms with E-state index in [1.807, 2.05) is 0 Å². The largest absolute Gasteiger partial charge is 0.387 e. The molecule has 22 heavy (non-hydrogen) atoms. The predicted molar refractivity (Wildman–Crippen MR) is 80.2 cm³/mol. The van der Waals surface area contributed by atoms with Crippen LogP contribution in [0.5, 0.6) is 0 Å². The Bertz CT molecular complexity index is 709. The zero-order chi connectivity index (χ0) is 16.3. The van der Waals surface area contributed by atoms with E-state index in [4.69, 9.17) is 11.6 Å². The molecule has 0 aliphatic heterocycles. The molecule has 0 saturated heterocycles. The van der Waals surface area contributed by atoms with Gasteiger partial charge in [-0.1, -0.05) is 17.7 Å². The lowest BCUT2D eigenvalue weighted by molar-refractivity contribution is 0.0914. The Morgan fingerprint density at radius 2 is 2.18 bits per heavy atom. The Morgan fingerprint density at radius 3 is 2.82 bits per heavy atom. The molecule has 0 fully saturated rings. The summed E-state index contributed by atoms with van der Waals surface area (Å²) in [5.74, 6) is -0.441. The molecule has 1 atom stereocenters. The zero-order valence-corrected chi connectivity index (χ0v) is 12.9. The number of amides is 1. The van der Waals surface area contributed by atoms with Gasteiger partial charge in [0, 0.05) is 12.7 Å². The van der Waals surface area contributed by atoms with E-state index in [0.29, 0.717) is 22.6 Å². The van der Waals surface area contributed by atoms with E-state index >= 15 is 0 Å². The van der Waals surface area contributed by atoms with Crippen LogP contribution in [-0.2, 0) is 0 Å². The maximum Gasteiger partial charge on any atom is 0.254 e. The number of carbonyl (C=O) groups excluding carboxylic acids is 1. The number of aryl methyl sites for hydroxylation is 2. The highest BCUT2D eigenvalue weighted by Crippen LogP contribution is 2.20. The predicted octanol–water partition coefficient (Wildman–Crippen LogP) is 2.35. The number of nitrogens with zero attached hydrogens (tertiary/aromatic N) is 2. The molecule has 2 rings (SSSR count). The lowest BCUT2D eigenvalue weighted by Gasteiger charge is -2.13. The molecule has 0 aliphatic rings. The summed E-state index contributed by atoms with van der Waals surface area (Å²) in [5, 5.41) is 12.5. The third-order valence-corrected chi connectivity index (χ3v) is 3.44. The van der Waals surface area contributed by atoms with Crippen molar-refractivity contribution in [3.05, 3.63) is 57.9 Å². The van der Waals surface area contributed by atoms with E-state index < -0.39 is 17.8 Å². The fourth-order valence-electron chi connectivity index (χ4n) is 1.93. The van der Waals surface area contributed by atoms with Crippen LogP contribution in [0.1, 0.15) is 33.5 Å². The van der Waals surface area contributed by atoms with Crippen LogP contribution in [0, 0.1) is 19.7 Å². The van der Waals surface area contributed by atoms with Crippen LogP contribution < -0.4 is 5.32 Å². The molecule has 2 aromatic rings. The number of nitrogens with one attached hydrogen (secondary N) is 1. The molecular weight excluding hydrogens is 309 g/mol. The zero-order valence-electron chi connectivity index (χ0n) is 12.1. The topological polar surface area (TPSA) is 75.1 Å². The quantitative estimate of drug-likeness (QED) is 0.905. The first-order chi connectivity index (χ1) is 10.4. The first kappa shape index (κ1) is 16.3. The fraction of sp³-hybridized carbons (Fsp3) is 0.267. The third kappa shape index (κ3) is 3.78. The molecule has 1 unspecified atom stereocenters. The molecule has 0 radical (unpaired) electrons. The summed E-state index contributed by atoms with van der Waals surface area (Å²) >= 11 is 5.58. The second-order valence-corrected chi connectivity index (χ2v) is 5.22. The summed E-state index contributed by atoms with van der Waals surface area (Å²) in [5.41, 5.74) is 1.22. The molecular formula is C15H15ClFN3O2. The molecule has 0 saturated carbocycles. The van der Waals surface area contributed by atoms with Gasteiger partial charge in [-0.15, -0.1) is 0 Å². The number of hydrogen-bond acceptors (Lipinski definition) is 4. The lowest BCUT2D eigenvalue weighted by Crippen LogP contribution is -2.29. The first-order valence-corrected chi connectivity index (χ1v) is 6.97. The van der Waals surface area contributed by atoms with Crippen molar-refractivity contribution in [3.63, 3.8) is 0 Å². The number of hydrogen-bond donors (Lipinski definition) is 2. The molecule has 1 amide bonds. The summed E-state index contributed by atoms with van der Waals surface area (Å²) in [6.07, 6.45) is 0.392. The van der Waals surface area contributed by atoms with Crippen molar-refractivity contribution < 1.29 is 14.3 Å². The SMILES string of the molecule is Cc1ncc(C(=O)NCC(O)c2ccc(Cl)c(F)c2)c(C)n1. The highest BCUT2D eigenvalue weighted by molar-refractivity contribution is 6.30. The first-order valence-electron chi connectivity index (χ1n) is 6.60. The van der Waals surface area contributed by atoms with Gasteiger partial charge in [0.2, 0.25) is 0 Å². The van der Waals surface area contributed by atoms with Crippen molar-refractivity contribution in [1.29, 1.82) is 0 Å². The average Bonchev–Trinajstić information content (AvgIpc) is 2.47. The van der Waals surface area contributed by atoms with Crippen molar-refractivity contribution in [2.24, 2.45) is 0 Å². The molecule has 0 bridgehead atoms. The van der Waals surface area contributed by atoms with E-state index in [1.165, 1.54) is 18.3 Å². The van der Waals surface area contributed by atoms with Crippen LogP contribution in [0.25, 0.3) is 0 Å². The van der Waals surface area contributed by atoms with Gasteiger partial charge in [0.25, 0.3) is 5.91 Å². The Kier molecular flexibility index (Phi) is 5.05. The molecule has 2 N–H and O–H groups in total. The average molecular weight is 324 g/mol. The van der Waals surface area contributed by atoms with Crippen molar-refractivity contribution >= 4 is 17.5 Å². The van der Waals surface area contributed by atoms with Gasteiger partial charge in [0.1, 0.15) is 11.6 Å². The van der Waals surface area contributed by atoms with Gasteiger partial charge in [0.05, 0.1) is 22.4 Å². The molecule has 0 aliphatic carbocycles. The third-order valence-electron chi connectivity index (χ3n) is 3.13. The van der Waals surface area contributed by atoms with E-state index in [9.17, 15) is 14.3 Å². The van der Waals surface area contributed by atoms with Gasteiger partial charge < -0.3 is 10.4 Å². The fourth-order valence-corrected chi connectivity index (χ4v) is 2.05. The van der Waals surface area contributed by atoms with Crippen LogP contribution in [0.3, 0.4) is 0 Å². The van der Waals surface area contributed by atoms with Crippen molar-refractivity contribution in [1.82, 2.24) is 15.3 Å². The summed E-state index contributed by atoms with van der Waals surface area (Å²) in [6, 6.07) is 4.00. The molecule has 0 spiro atoms. The summed E-state index contributed by atoms with van der Waals surface area (Å²) in [4.78, 5) is 20.1. The number of aliphatic hydroxyl groups excluding tert-OH is 1. The van der Waals surface area contributed by atoms with Crippen LogP contribution >= 0.6 is 11.6 Å². The summed E-state index contributed by atoms with van der Waals surface area (Å²) in [6.45, 7) is 3.37. The highest BCUT2D eigenvalue weighted by Gasteiger charge is 2.14. The number of carbonyl (C=O) groups is 1. The van der Waals surface area contributed by atoms with Crippen molar-refractivity contribution in [2.75, 3.05) is 6.54 Å². The minimum Gasteiger partial charge on any atom is -0.387 e. The van der Waals surface area contributed by atoms with Crippen LogP contribution in [-0.4, -0.2) is 27.5 Å². The molecule has 5 nitrogen and oxygen atoms in total. The second-order valence-electron chi connectivity index (χ2n) is 4.82. The molecule has 1 aromatic heterocycles. The van der Waals surface area contributed by atoms with Gasteiger partial charge >= 0.3 is 0 Å². The van der Waals surface area contributed by atoms with Crippen LogP contribution in [0.4, 0.5) is 4.39 Å². The number of aliphatic hydroxyl groups is 1. The van der Waals surface area contributed by atoms with Crippen LogP contribution in [0.15, 0.2) is 24.4 Å². The van der Waals surface area contributed by atoms with Gasteiger partial charge in [-0.3, -0.25) is 4.79 Å². The van der Waals surface area contributed by atoms with Crippen molar-refractivity contribution in [3.8, 4) is 0 Å². The summed E-state index contributed by atoms with van der Waals surface area (Å²) < 4.78 is 13.3.